The van der Waals surface area contributed by atoms with Crippen LogP contribution in [0.1, 0.15) is 11.1 Å². The van der Waals surface area contributed by atoms with Crippen LogP contribution in [0.25, 0.3) is 10.8 Å². The number of hydrogen-bond acceptors (Lipinski definition) is 3. The average Bonchev–Trinajstić information content (AvgIpc) is 2.53. The molecule has 0 aliphatic rings. The molecule has 3 aromatic rings. The van der Waals surface area contributed by atoms with Crippen molar-refractivity contribution in [3.63, 3.8) is 0 Å². The van der Waals surface area contributed by atoms with E-state index >= 15 is 0 Å². The van der Waals surface area contributed by atoms with E-state index in [9.17, 15) is 0 Å². The summed E-state index contributed by atoms with van der Waals surface area (Å²) in [6.45, 7) is 0.532. The second-order valence-corrected chi connectivity index (χ2v) is 4.78. The smallest absolute Gasteiger partial charge is 0.120 e. The third-order valence-electron chi connectivity index (χ3n) is 3.36. The maximum absolute atomic E-state index is 5.88. The maximum atomic E-state index is 5.88. The molecule has 0 heterocycles. The number of ether oxygens (including phenoxy) is 1. The first-order valence-electron chi connectivity index (χ1n) is 6.79. The maximum Gasteiger partial charge on any atom is 0.120 e. The van der Waals surface area contributed by atoms with Crippen LogP contribution in [0.3, 0.4) is 0 Å². The summed E-state index contributed by atoms with van der Waals surface area (Å²) in [5, 5.41) is 5.97. The van der Waals surface area contributed by atoms with E-state index in [1.807, 2.05) is 36.4 Å². The van der Waals surface area contributed by atoms with Crippen molar-refractivity contribution in [2.75, 3.05) is 0 Å². The Labute approximate surface area is 123 Å². The van der Waals surface area contributed by atoms with E-state index in [1.165, 1.54) is 16.3 Å². The number of fused-ring (bicyclic) bond motifs is 1. The van der Waals surface area contributed by atoms with Gasteiger partial charge in [-0.2, -0.15) is 5.10 Å². The van der Waals surface area contributed by atoms with Crippen molar-refractivity contribution < 1.29 is 4.74 Å². The molecule has 0 aromatic heterocycles. The molecule has 0 aliphatic heterocycles. The van der Waals surface area contributed by atoms with Gasteiger partial charge in [0.2, 0.25) is 0 Å². The van der Waals surface area contributed by atoms with Gasteiger partial charge < -0.3 is 10.6 Å². The van der Waals surface area contributed by atoms with Crippen LogP contribution < -0.4 is 10.6 Å². The van der Waals surface area contributed by atoms with E-state index in [0.29, 0.717) is 6.61 Å². The first kappa shape index (κ1) is 13.2. The van der Waals surface area contributed by atoms with Crippen molar-refractivity contribution in [3.8, 4) is 5.75 Å². The Balaban J connectivity index is 1.82. The summed E-state index contributed by atoms with van der Waals surface area (Å²) in [5.74, 6) is 5.97. The van der Waals surface area contributed by atoms with Crippen LogP contribution in [0, 0.1) is 0 Å². The normalized spacial score (nSPS) is 11.0. The van der Waals surface area contributed by atoms with Gasteiger partial charge in [0.1, 0.15) is 12.4 Å². The molecule has 0 fully saturated rings. The summed E-state index contributed by atoms with van der Waals surface area (Å²) in [7, 11) is 0. The quantitative estimate of drug-likeness (QED) is 0.448. The topological polar surface area (TPSA) is 47.6 Å². The Hall–Kier alpha value is -2.81. The molecule has 0 unspecified atom stereocenters. The molecule has 2 N–H and O–H groups in total. The molecule has 0 saturated heterocycles. The fourth-order valence-electron chi connectivity index (χ4n) is 2.35. The summed E-state index contributed by atoms with van der Waals surface area (Å²) in [4.78, 5) is 0. The zero-order valence-electron chi connectivity index (χ0n) is 11.6. The van der Waals surface area contributed by atoms with Crippen LogP contribution in [0.2, 0.25) is 0 Å². The summed E-state index contributed by atoms with van der Waals surface area (Å²) in [6.07, 6.45) is 1.60. The van der Waals surface area contributed by atoms with Crippen LogP contribution in [0.4, 0.5) is 0 Å². The zero-order valence-corrected chi connectivity index (χ0v) is 11.6. The van der Waals surface area contributed by atoms with Gasteiger partial charge >= 0.3 is 0 Å². The fraction of sp³-hybridized carbons (Fsp3) is 0.0556. The van der Waals surface area contributed by atoms with Crippen molar-refractivity contribution in [1.29, 1.82) is 0 Å². The summed E-state index contributed by atoms with van der Waals surface area (Å²) in [5.41, 5.74) is 2.10. The minimum atomic E-state index is 0.532. The largest absolute Gasteiger partial charge is 0.489 e. The minimum absolute atomic E-state index is 0.532. The number of hydrogen-bond donors (Lipinski definition) is 1. The third kappa shape index (κ3) is 3.03. The lowest BCUT2D eigenvalue weighted by atomic mass is 10.1. The molecule has 3 nitrogen and oxygen atoms in total. The average molecular weight is 276 g/mol. The fourth-order valence-corrected chi connectivity index (χ4v) is 2.35. The lowest BCUT2D eigenvalue weighted by Crippen LogP contribution is -1.97. The van der Waals surface area contributed by atoms with E-state index in [-0.39, 0.29) is 0 Å². The van der Waals surface area contributed by atoms with Crippen molar-refractivity contribution in [2.45, 2.75) is 6.61 Å². The standard InChI is InChI=1S/C18H16N2O/c19-20-12-14-5-3-9-17(11-14)21-13-16-8-4-7-15-6-1-2-10-18(15)16/h1-12H,13,19H2. The lowest BCUT2D eigenvalue weighted by Gasteiger charge is -2.09. The van der Waals surface area contributed by atoms with E-state index < -0.39 is 0 Å². The highest BCUT2D eigenvalue weighted by Gasteiger charge is 2.02. The Morgan fingerprint density at radius 3 is 2.67 bits per heavy atom. The molecule has 104 valence electrons. The second-order valence-electron chi connectivity index (χ2n) is 4.78. The van der Waals surface area contributed by atoms with Crippen molar-refractivity contribution in [3.05, 3.63) is 77.9 Å². The SMILES string of the molecule is NN=Cc1cccc(OCc2cccc3ccccc23)c1. The Kier molecular flexibility index (Phi) is 3.83. The van der Waals surface area contributed by atoms with E-state index in [1.54, 1.807) is 6.21 Å². The van der Waals surface area contributed by atoms with Gasteiger partial charge in [-0.1, -0.05) is 54.6 Å². The summed E-state index contributed by atoms with van der Waals surface area (Å²) >= 11 is 0. The molecule has 3 aromatic carbocycles. The van der Waals surface area contributed by atoms with Crippen molar-refractivity contribution in [2.24, 2.45) is 10.9 Å². The van der Waals surface area contributed by atoms with Crippen LogP contribution >= 0.6 is 0 Å². The molecule has 3 rings (SSSR count). The van der Waals surface area contributed by atoms with Gasteiger partial charge in [-0.05, 0) is 34.0 Å². The van der Waals surface area contributed by atoms with Crippen LogP contribution in [0.15, 0.2) is 71.8 Å². The molecule has 21 heavy (non-hydrogen) atoms. The van der Waals surface area contributed by atoms with Gasteiger partial charge in [-0.3, -0.25) is 0 Å². The van der Waals surface area contributed by atoms with E-state index in [0.717, 1.165) is 11.3 Å². The number of nitrogens with two attached hydrogens (primary N) is 1. The number of benzene rings is 3. The molecule has 0 amide bonds. The predicted octanol–water partition coefficient (Wildman–Crippen LogP) is 3.71. The van der Waals surface area contributed by atoms with Crippen LogP contribution in [0.5, 0.6) is 5.75 Å². The van der Waals surface area contributed by atoms with Gasteiger partial charge in [0.15, 0.2) is 0 Å². The molecular weight excluding hydrogens is 260 g/mol. The molecule has 0 radical (unpaired) electrons. The van der Waals surface area contributed by atoms with Gasteiger partial charge in [-0.15, -0.1) is 0 Å². The van der Waals surface area contributed by atoms with Gasteiger partial charge in [-0.25, -0.2) is 0 Å². The molecule has 0 spiro atoms. The molecule has 3 heteroatoms. The second kappa shape index (κ2) is 6.09. The zero-order chi connectivity index (χ0) is 14.5. The van der Waals surface area contributed by atoms with Gasteiger partial charge in [0.25, 0.3) is 0 Å². The number of hydrazone groups is 1. The third-order valence-corrected chi connectivity index (χ3v) is 3.36. The monoisotopic (exact) mass is 276 g/mol. The summed E-state index contributed by atoms with van der Waals surface area (Å²) < 4.78 is 5.88. The van der Waals surface area contributed by atoms with Crippen LogP contribution in [-0.2, 0) is 6.61 Å². The first-order valence-corrected chi connectivity index (χ1v) is 6.79. The Bertz CT molecular complexity index is 776. The van der Waals surface area contributed by atoms with E-state index in [2.05, 4.69) is 35.4 Å². The molecule has 0 bridgehead atoms. The lowest BCUT2D eigenvalue weighted by molar-refractivity contribution is 0.307. The summed E-state index contributed by atoms with van der Waals surface area (Å²) in [6, 6.07) is 22.3. The van der Waals surface area contributed by atoms with Gasteiger partial charge in [0.05, 0.1) is 6.21 Å². The van der Waals surface area contributed by atoms with Crippen molar-refractivity contribution in [1.82, 2.24) is 0 Å². The van der Waals surface area contributed by atoms with Gasteiger partial charge in [0, 0.05) is 0 Å². The Morgan fingerprint density at radius 1 is 0.952 bits per heavy atom. The van der Waals surface area contributed by atoms with Crippen LogP contribution in [-0.4, -0.2) is 6.21 Å². The molecule has 0 aliphatic carbocycles. The highest BCUT2D eigenvalue weighted by atomic mass is 16.5. The molecule has 0 saturated carbocycles. The number of nitrogens with zero attached hydrogens (tertiary/aromatic N) is 1. The highest BCUT2D eigenvalue weighted by Crippen LogP contribution is 2.21. The molecule has 0 atom stereocenters. The van der Waals surface area contributed by atoms with Crippen molar-refractivity contribution >= 4 is 17.0 Å². The van der Waals surface area contributed by atoms with E-state index in [4.69, 9.17) is 10.6 Å². The minimum Gasteiger partial charge on any atom is -0.489 e. The first-order chi connectivity index (χ1) is 10.4. The number of rotatable bonds is 4. The Morgan fingerprint density at radius 2 is 1.76 bits per heavy atom. The predicted molar refractivity (Wildman–Crippen MR) is 86.5 cm³/mol. The molecular formula is C18H16N2O. The highest BCUT2D eigenvalue weighted by molar-refractivity contribution is 5.85.